The molecule has 120 valence electrons. The van der Waals surface area contributed by atoms with Gasteiger partial charge >= 0.3 is 0 Å². The molecule has 0 radical (unpaired) electrons. The van der Waals surface area contributed by atoms with Crippen molar-refractivity contribution >= 4 is 5.82 Å². The van der Waals surface area contributed by atoms with Crippen molar-refractivity contribution in [2.45, 2.75) is 33.6 Å². The van der Waals surface area contributed by atoms with Gasteiger partial charge in [0.1, 0.15) is 18.2 Å². The fraction of sp³-hybridized carbons (Fsp3) is 0.733. The molecular formula is C15H27N3O3. The molecule has 0 amide bonds. The third kappa shape index (κ3) is 6.27. The van der Waals surface area contributed by atoms with Crippen LogP contribution in [0.5, 0.6) is 5.88 Å². The van der Waals surface area contributed by atoms with Crippen molar-refractivity contribution < 1.29 is 14.2 Å². The number of nitrogens with zero attached hydrogens (tertiary/aromatic N) is 2. The lowest BCUT2D eigenvalue weighted by Gasteiger charge is -2.13. The first-order valence-electron chi connectivity index (χ1n) is 7.53. The second-order valence-corrected chi connectivity index (χ2v) is 4.61. The normalized spacial score (nSPS) is 10.7. The molecule has 0 fully saturated rings. The Hall–Kier alpha value is -1.40. The molecule has 0 aliphatic carbocycles. The van der Waals surface area contributed by atoms with E-state index in [1.165, 1.54) is 0 Å². The number of hydrogen-bond acceptors (Lipinski definition) is 6. The Morgan fingerprint density at radius 3 is 2.52 bits per heavy atom. The van der Waals surface area contributed by atoms with Crippen LogP contribution in [0.3, 0.4) is 0 Å². The number of anilines is 1. The molecule has 1 aromatic heterocycles. The van der Waals surface area contributed by atoms with Crippen LogP contribution in [0.1, 0.15) is 31.7 Å². The lowest BCUT2D eigenvalue weighted by Crippen LogP contribution is -2.12. The maximum atomic E-state index is 5.73. The van der Waals surface area contributed by atoms with Gasteiger partial charge in [0.2, 0.25) is 5.88 Å². The molecular weight excluding hydrogens is 270 g/mol. The Kier molecular flexibility index (Phi) is 8.69. The van der Waals surface area contributed by atoms with Gasteiger partial charge in [-0.25, -0.2) is 4.98 Å². The monoisotopic (exact) mass is 297 g/mol. The largest absolute Gasteiger partial charge is 0.475 e. The van der Waals surface area contributed by atoms with Gasteiger partial charge < -0.3 is 19.5 Å². The van der Waals surface area contributed by atoms with E-state index in [1.807, 2.05) is 20.8 Å². The molecule has 0 unspecified atom stereocenters. The molecule has 0 saturated carbocycles. The summed E-state index contributed by atoms with van der Waals surface area (Å²) < 4.78 is 16.2. The topological polar surface area (TPSA) is 65.5 Å². The van der Waals surface area contributed by atoms with Gasteiger partial charge in [-0.15, -0.1) is 0 Å². The van der Waals surface area contributed by atoms with Crippen molar-refractivity contribution in [2.75, 3.05) is 45.4 Å². The van der Waals surface area contributed by atoms with Gasteiger partial charge in [-0.05, 0) is 20.3 Å². The Balaban J connectivity index is 2.48. The summed E-state index contributed by atoms with van der Waals surface area (Å²) in [5, 5.41) is 3.24. The highest BCUT2D eigenvalue weighted by atomic mass is 16.5. The lowest BCUT2D eigenvalue weighted by atomic mass is 10.3. The van der Waals surface area contributed by atoms with Crippen LogP contribution in [0, 0.1) is 6.92 Å². The molecule has 0 aliphatic rings. The summed E-state index contributed by atoms with van der Waals surface area (Å²) >= 11 is 0. The maximum absolute atomic E-state index is 5.73. The number of rotatable bonds is 11. The first kappa shape index (κ1) is 17.7. The fourth-order valence-corrected chi connectivity index (χ4v) is 1.78. The molecule has 0 saturated heterocycles. The minimum atomic E-state index is 0.486. The number of methoxy groups -OCH3 is 1. The van der Waals surface area contributed by atoms with Crippen LogP contribution in [0.2, 0.25) is 0 Å². The second kappa shape index (κ2) is 10.3. The molecule has 1 N–H and O–H groups in total. The first-order chi connectivity index (χ1) is 10.2. The van der Waals surface area contributed by atoms with Crippen LogP contribution in [-0.2, 0) is 15.9 Å². The summed E-state index contributed by atoms with van der Waals surface area (Å²) in [6, 6.07) is 0. The number of nitrogens with one attached hydrogen (secondary N) is 1. The standard InChI is InChI=1S/C15H27N3O3/c1-5-13-17-14(16-6-2)12(3)15(18-13)21-11-10-20-9-7-8-19-4/h5-11H2,1-4H3,(H,16,17,18). The SMILES string of the molecule is CCNc1nc(CC)nc(OCCOCCCOC)c1C. The van der Waals surface area contributed by atoms with E-state index >= 15 is 0 Å². The average molecular weight is 297 g/mol. The van der Waals surface area contributed by atoms with E-state index in [9.17, 15) is 0 Å². The van der Waals surface area contributed by atoms with E-state index in [4.69, 9.17) is 14.2 Å². The number of ether oxygens (including phenoxy) is 3. The van der Waals surface area contributed by atoms with Crippen molar-refractivity contribution in [3.8, 4) is 5.88 Å². The average Bonchev–Trinajstić information content (AvgIpc) is 2.49. The predicted molar refractivity (Wildman–Crippen MR) is 83.1 cm³/mol. The van der Waals surface area contributed by atoms with Crippen LogP contribution in [0.25, 0.3) is 0 Å². The minimum Gasteiger partial charge on any atom is -0.475 e. The zero-order valence-corrected chi connectivity index (χ0v) is 13.6. The molecule has 0 aromatic carbocycles. The van der Waals surface area contributed by atoms with Crippen LogP contribution in [0.4, 0.5) is 5.82 Å². The highest BCUT2D eigenvalue weighted by molar-refractivity contribution is 5.48. The molecule has 0 atom stereocenters. The van der Waals surface area contributed by atoms with E-state index in [1.54, 1.807) is 7.11 Å². The molecule has 1 rings (SSSR count). The minimum absolute atomic E-state index is 0.486. The van der Waals surface area contributed by atoms with Crippen molar-refractivity contribution in [3.05, 3.63) is 11.4 Å². The van der Waals surface area contributed by atoms with Crippen LogP contribution in [-0.4, -0.2) is 50.1 Å². The van der Waals surface area contributed by atoms with Gasteiger partial charge in [-0.1, -0.05) is 6.92 Å². The molecule has 1 heterocycles. The summed E-state index contributed by atoms with van der Waals surface area (Å²) in [5.74, 6) is 2.27. The van der Waals surface area contributed by atoms with Crippen molar-refractivity contribution in [1.29, 1.82) is 0 Å². The predicted octanol–water partition coefficient (Wildman–Crippen LogP) is 2.21. The number of hydrogen-bond donors (Lipinski definition) is 1. The van der Waals surface area contributed by atoms with Gasteiger partial charge in [0, 0.05) is 33.3 Å². The Morgan fingerprint density at radius 2 is 1.86 bits per heavy atom. The Bertz CT molecular complexity index is 413. The molecule has 21 heavy (non-hydrogen) atoms. The van der Waals surface area contributed by atoms with Crippen LogP contribution in [0.15, 0.2) is 0 Å². The smallest absolute Gasteiger partial charge is 0.221 e. The van der Waals surface area contributed by atoms with Crippen molar-refractivity contribution in [2.24, 2.45) is 0 Å². The quantitative estimate of drug-likeness (QED) is 0.632. The highest BCUT2D eigenvalue weighted by Gasteiger charge is 2.10. The maximum Gasteiger partial charge on any atom is 0.221 e. The third-order valence-corrected chi connectivity index (χ3v) is 2.91. The van der Waals surface area contributed by atoms with Crippen LogP contribution >= 0.6 is 0 Å². The zero-order valence-electron chi connectivity index (χ0n) is 13.6. The van der Waals surface area contributed by atoms with Gasteiger partial charge in [-0.2, -0.15) is 4.98 Å². The summed E-state index contributed by atoms with van der Waals surface area (Å²) in [6.45, 7) is 9.30. The van der Waals surface area contributed by atoms with Gasteiger partial charge in [0.05, 0.1) is 12.2 Å². The van der Waals surface area contributed by atoms with Gasteiger partial charge in [-0.3, -0.25) is 0 Å². The summed E-state index contributed by atoms with van der Waals surface area (Å²) in [7, 11) is 1.69. The molecule has 0 aliphatic heterocycles. The fourth-order valence-electron chi connectivity index (χ4n) is 1.78. The van der Waals surface area contributed by atoms with E-state index < -0.39 is 0 Å². The summed E-state index contributed by atoms with van der Waals surface area (Å²) in [6.07, 6.45) is 1.68. The number of aryl methyl sites for hydroxylation is 1. The highest BCUT2D eigenvalue weighted by Crippen LogP contribution is 2.22. The molecule has 6 nitrogen and oxygen atoms in total. The van der Waals surface area contributed by atoms with Crippen molar-refractivity contribution in [1.82, 2.24) is 9.97 Å². The second-order valence-electron chi connectivity index (χ2n) is 4.61. The lowest BCUT2D eigenvalue weighted by molar-refractivity contribution is 0.0793. The van der Waals surface area contributed by atoms with Crippen LogP contribution < -0.4 is 10.1 Å². The van der Waals surface area contributed by atoms with Gasteiger partial charge in [0.25, 0.3) is 0 Å². The molecule has 0 spiro atoms. The van der Waals surface area contributed by atoms with E-state index in [0.717, 1.165) is 43.2 Å². The number of aromatic nitrogens is 2. The molecule has 0 bridgehead atoms. The first-order valence-corrected chi connectivity index (χ1v) is 7.53. The Labute approximate surface area is 127 Å². The molecule has 1 aromatic rings. The Morgan fingerprint density at radius 1 is 1.05 bits per heavy atom. The summed E-state index contributed by atoms with van der Waals surface area (Å²) in [4.78, 5) is 8.90. The van der Waals surface area contributed by atoms with E-state index in [-0.39, 0.29) is 0 Å². The summed E-state index contributed by atoms with van der Waals surface area (Å²) in [5.41, 5.74) is 0.938. The zero-order chi connectivity index (χ0) is 15.5. The van der Waals surface area contributed by atoms with Gasteiger partial charge in [0.15, 0.2) is 0 Å². The third-order valence-electron chi connectivity index (χ3n) is 2.91. The van der Waals surface area contributed by atoms with E-state index in [0.29, 0.717) is 25.7 Å². The van der Waals surface area contributed by atoms with Crippen molar-refractivity contribution in [3.63, 3.8) is 0 Å². The van der Waals surface area contributed by atoms with E-state index in [2.05, 4.69) is 15.3 Å². The molecule has 6 heteroatoms.